The van der Waals surface area contributed by atoms with Gasteiger partial charge in [-0.05, 0) is 31.6 Å². The van der Waals surface area contributed by atoms with Crippen molar-refractivity contribution in [1.29, 1.82) is 0 Å². The lowest BCUT2D eigenvalue weighted by Gasteiger charge is -2.42. The molecule has 2 atom stereocenters. The van der Waals surface area contributed by atoms with Crippen molar-refractivity contribution >= 4 is 5.91 Å². The molecular formula is C13H24N2O2. The van der Waals surface area contributed by atoms with Crippen LogP contribution in [0, 0.1) is 10.8 Å². The monoisotopic (exact) mass is 240 g/mol. The minimum absolute atomic E-state index is 0.0576. The molecule has 3 N–H and O–H groups in total. The van der Waals surface area contributed by atoms with E-state index in [1.807, 2.05) is 6.92 Å². The third-order valence-electron chi connectivity index (χ3n) is 4.82. The second-order valence-electron chi connectivity index (χ2n) is 5.93. The van der Waals surface area contributed by atoms with Crippen molar-refractivity contribution in [2.24, 2.45) is 16.6 Å². The van der Waals surface area contributed by atoms with Crippen molar-refractivity contribution in [2.45, 2.75) is 45.6 Å². The predicted molar refractivity (Wildman–Crippen MR) is 66.5 cm³/mol. The zero-order chi connectivity index (χ0) is 12.5. The quantitative estimate of drug-likeness (QED) is 0.772. The summed E-state index contributed by atoms with van der Waals surface area (Å²) in [6.45, 7) is 5.84. The maximum absolute atomic E-state index is 12.2. The number of nitrogens with one attached hydrogen (secondary N) is 1. The zero-order valence-electron chi connectivity index (χ0n) is 10.9. The first-order valence-electron chi connectivity index (χ1n) is 6.64. The van der Waals surface area contributed by atoms with Gasteiger partial charge in [-0.25, -0.2) is 0 Å². The Hall–Kier alpha value is -0.610. The van der Waals surface area contributed by atoms with Crippen LogP contribution in [-0.2, 0) is 9.53 Å². The summed E-state index contributed by atoms with van der Waals surface area (Å²) in [5.41, 5.74) is 5.76. The van der Waals surface area contributed by atoms with Crippen LogP contribution in [0.3, 0.4) is 0 Å². The number of ether oxygens (including phenoxy) is 1. The van der Waals surface area contributed by atoms with Crippen LogP contribution in [0.2, 0.25) is 0 Å². The summed E-state index contributed by atoms with van der Waals surface area (Å²) in [5.74, 6) is 0.0576. The van der Waals surface area contributed by atoms with Gasteiger partial charge in [0.15, 0.2) is 0 Å². The molecule has 1 aliphatic heterocycles. The van der Waals surface area contributed by atoms with E-state index in [4.69, 9.17) is 10.5 Å². The van der Waals surface area contributed by atoms with Gasteiger partial charge in [0.25, 0.3) is 0 Å². The molecule has 4 heteroatoms. The SMILES string of the molecule is CCC1(CNC(=O)C2(C)COCC2N)CCC1. The lowest BCUT2D eigenvalue weighted by Crippen LogP contribution is -2.52. The maximum atomic E-state index is 12.2. The molecule has 0 aromatic rings. The Morgan fingerprint density at radius 1 is 1.53 bits per heavy atom. The highest BCUT2D eigenvalue weighted by atomic mass is 16.5. The average molecular weight is 240 g/mol. The zero-order valence-corrected chi connectivity index (χ0v) is 10.9. The van der Waals surface area contributed by atoms with Crippen LogP contribution >= 0.6 is 0 Å². The summed E-state index contributed by atoms with van der Waals surface area (Å²) >= 11 is 0. The van der Waals surface area contributed by atoms with Crippen LogP contribution in [0.4, 0.5) is 0 Å². The number of hydrogen-bond donors (Lipinski definition) is 2. The molecule has 1 saturated carbocycles. The van der Waals surface area contributed by atoms with Gasteiger partial charge < -0.3 is 15.8 Å². The van der Waals surface area contributed by atoms with E-state index >= 15 is 0 Å². The fraction of sp³-hybridized carbons (Fsp3) is 0.923. The number of nitrogens with two attached hydrogens (primary N) is 1. The molecule has 2 rings (SSSR count). The van der Waals surface area contributed by atoms with Gasteiger partial charge in [-0.1, -0.05) is 13.3 Å². The highest BCUT2D eigenvalue weighted by Crippen LogP contribution is 2.43. The standard InChI is InChI=1S/C13H24N2O2/c1-3-13(5-4-6-13)8-15-11(16)12(2)9-17-7-10(12)14/h10H,3-9,14H2,1-2H3,(H,15,16). The summed E-state index contributed by atoms with van der Waals surface area (Å²) in [6.07, 6.45) is 4.92. The van der Waals surface area contributed by atoms with E-state index in [2.05, 4.69) is 12.2 Å². The van der Waals surface area contributed by atoms with E-state index in [0.717, 1.165) is 13.0 Å². The number of carbonyl (C=O) groups excluding carboxylic acids is 1. The van der Waals surface area contributed by atoms with Gasteiger partial charge >= 0.3 is 0 Å². The molecule has 1 saturated heterocycles. The van der Waals surface area contributed by atoms with Gasteiger partial charge in [-0.3, -0.25) is 4.79 Å². The van der Waals surface area contributed by atoms with Crippen LogP contribution < -0.4 is 11.1 Å². The molecule has 0 aromatic heterocycles. The topological polar surface area (TPSA) is 64.3 Å². The molecule has 0 aromatic carbocycles. The van der Waals surface area contributed by atoms with E-state index in [1.165, 1.54) is 19.3 Å². The minimum Gasteiger partial charge on any atom is -0.379 e. The third-order valence-corrected chi connectivity index (χ3v) is 4.82. The van der Waals surface area contributed by atoms with Gasteiger partial charge in [-0.2, -0.15) is 0 Å². The van der Waals surface area contributed by atoms with Crippen molar-refractivity contribution in [1.82, 2.24) is 5.32 Å². The van der Waals surface area contributed by atoms with Crippen molar-refractivity contribution in [3.63, 3.8) is 0 Å². The Balaban J connectivity index is 1.89. The van der Waals surface area contributed by atoms with E-state index < -0.39 is 5.41 Å². The average Bonchev–Trinajstić information content (AvgIpc) is 2.59. The first-order valence-corrected chi connectivity index (χ1v) is 6.64. The largest absolute Gasteiger partial charge is 0.379 e. The Bertz CT molecular complexity index is 296. The molecule has 2 aliphatic rings. The van der Waals surface area contributed by atoms with E-state index in [0.29, 0.717) is 18.6 Å². The van der Waals surface area contributed by atoms with Crippen molar-refractivity contribution < 1.29 is 9.53 Å². The number of amides is 1. The first kappa shape index (κ1) is 12.8. The van der Waals surface area contributed by atoms with Crippen LogP contribution in [0.15, 0.2) is 0 Å². The second kappa shape index (κ2) is 4.58. The summed E-state index contributed by atoms with van der Waals surface area (Å²) in [7, 11) is 0. The molecule has 4 nitrogen and oxygen atoms in total. The number of hydrogen-bond acceptors (Lipinski definition) is 3. The van der Waals surface area contributed by atoms with Crippen LogP contribution in [0.5, 0.6) is 0 Å². The molecule has 1 heterocycles. The van der Waals surface area contributed by atoms with Gasteiger partial charge in [0.05, 0.1) is 18.6 Å². The summed E-state index contributed by atoms with van der Waals surface area (Å²) in [5, 5.41) is 3.09. The normalized spacial score (nSPS) is 35.4. The van der Waals surface area contributed by atoms with E-state index in [9.17, 15) is 4.79 Å². The molecule has 98 valence electrons. The Morgan fingerprint density at radius 2 is 2.24 bits per heavy atom. The van der Waals surface area contributed by atoms with Gasteiger partial charge in [0.2, 0.25) is 5.91 Å². The number of carbonyl (C=O) groups is 1. The van der Waals surface area contributed by atoms with Gasteiger partial charge in [0, 0.05) is 12.6 Å². The third kappa shape index (κ3) is 2.20. The lowest BCUT2D eigenvalue weighted by atomic mass is 9.67. The summed E-state index contributed by atoms with van der Waals surface area (Å²) in [6, 6.07) is -0.179. The smallest absolute Gasteiger partial charge is 0.229 e. The molecule has 0 bridgehead atoms. The Morgan fingerprint density at radius 3 is 2.65 bits per heavy atom. The highest BCUT2D eigenvalue weighted by Gasteiger charge is 2.45. The lowest BCUT2D eigenvalue weighted by molar-refractivity contribution is -0.131. The maximum Gasteiger partial charge on any atom is 0.229 e. The molecule has 1 aliphatic carbocycles. The van der Waals surface area contributed by atoms with Crippen molar-refractivity contribution in [2.75, 3.05) is 19.8 Å². The Kier molecular flexibility index (Phi) is 3.46. The summed E-state index contributed by atoms with van der Waals surface area (Å²) in [4.78, 5) is 12.2. The van der Waals surface area contributed by atoms with Gasteiger partial charge in [0.1, 0.15) is 0 Å². The first-order chi connectivity index (χ1) is 8.02. The summed E-state index contributed by atoms with van der Waals surface area (Å²) < 4.78 is 5.31. The minimum atomic E-state index is -0.543. The van der Waals surface area contributed by atoms with E-state index in [1.54, 1.807) is 0 Å². The van der Waals surface area contributed by atoms with Crippen LogP contribution in [-0.4, -0.2) is 31.7 Å². The highest BCUT2D eigenvalue weighted by molar-refractivity contribution is 5.83. The molecule has 2 fully saturated rings. The van der Waals surface area contributed by atoms with Crippen LogP contribution in [0.1, 0.15) is 39.5 Å². The van der Waals surface area contributed by atoms with Crippen LogP contribution in [0.25, 0.3) is 0 Å². The second-order valence-corrected chi connectivity index (χ2v) is 5.93. The van der Waals surface area contributed by atoms with E-state index in [-0.39, 0.29) is 11.9 Å². The molecule has 17 heavy (non-hydrogen) atoms. The fourth-order valence-corrected chi connectivity index (χ4v) is 2.72. The van der Waals surface area contributed by atoms with Crippen molar-refractivity contribution in [3.05, 3.63) is 0 Å². The number of rotatable bonds is 4. The molecular weight excluding hydrogens is 216 g/mol. The van der Waals surface area contributed by atoms with Gasteiger partial charge in [-0.15, -0.1) is 0 Å². The Labute approximate surface area is 103 Å². The molecule has 2 unspecified atom stereocenters. The molecule has 1 amide bonds. The molecule has 0 radical (unpaired) electrons. The van der Waals surface area contributed by atoms with Crippen molar-refractivity contribution in [3.8, 4) is 0 Å². The molecule has 0 spiro atoms. The fourth-order valence-electron chi connectivity index (χ4n) is 2.72. The predicted octanol–water partition coefficient (Wildman–Crippen LogP) is 1.05.